The van der Waals surface area contributed by atoms with Gasteiger partial charge in [-0.25, -0.2) is 4.98 Å². The first-order valence-electron chi connectivity index (χ1n) is 11.5. The van der Waals surface area contributed by atoms with Crippen molar-refractivity contribution in [2.75, 3.05) is 33.5 Å². The predicted molar refractivity (Wildman–Crippen MR) is 143 cm³/mol. The van der Waals surface area contributed by atoms with Crippen molar-refractivity contribution in [2.45, 2.75) is 46.2 Å². The summed E-state index contributed by atoms with van der Waals surface area (Å²) in [6.45, 7) is 8.40. The molecule has 1 aromatic carbocycles. The zero-order valence-corrected chi connectivity index (χ0v) is 22.3. The van der Waals surface area contributed by atoms with E-state index in [1.54, 1.807) is 13.2 Å². The molecule has 2 aromatic rings. The Hall–Kier alpha value is -2.07. The topological polar surface area (TPSA) is 77.0 Å². The molecule has 0 bridgehead atoms. The van der Waals surface area contributed by atoms with Gasteiger partial charge in [0.05, 0.1) is 19.8 Å². The van der Waals surface area contributed by atoms with Crippen LogP contribution in [0.25, 0.3) is 0 Å². The molecule has 33 heavy (non-hydrogen) atoms. The van der Waals surface area contributed by atoms with Gasteiger partial charge in [0.15, 0.2) is 5.96 Å². The van der Waals surface area contributed by atoms with Crippen molar-refractivity contribution >= 4 is 29.9 Å². The van der Waals surface area contributed by atoms with E-state index in [1.165, 1.54) is 5.56 Å². The molecule has 1 atom stereocenters. The van der Waals surface area contributed by atoms with Gasteiger partial charge >= 0.3 is 0 Å². The SMILES string of the molecule is CCCCOc1ncccc1CNC(=NC)NCc1ccc(C)cc1OCC1CCOC1.I. The molecule has 0 spiro atoms. The summed E-state index contributed by atoms with van der Waals surface area (Å²) in [5.74, 6) is 2.77. The number of unbranched alkanes of at least 4 members (excludes halogenated alkanes) is 1. The van der Waals surface area contributed by atoms with E-state index < -0.39 is 0 Å². The van der Waals surface area contributed by atoms with Crippen LogP contribution in [0, 0.1) is 12.8 Å². The second-order valence-electron chi connectivity index (χ2n) is 8.10. The van der Waals surface area contributed by atoms with Crippen LogP contribution >= 0.6 is 24.0 Å². The third kappa shape index (κ3) is 9.00. The van der Waals surface area contributed by atoms with Gasteiger partial charge in [-0.2, -0.15) is 0 Å². The van der Waals surface area contributed by atoms with E-state index in [0.717, 1.165) is 49.4 Å². The lowest BCUT2D eigenvalue weighted by atomic mass is 10.1. The largest absolute Gasteiger partial charge is 0.493 e. The summed E-state index contributed by atoms with van der Waals surface area (Å²) in [6, 6.07) is 10.3. The molecule has 1 aliphatic heterocycles. The van der Waals surface area contributed by atoms with E-state index in [9.17, 15) is 0 Å². The number of nitrogens with zero attached hydrogens (tertiary/aromatic N) is 2. The van der Waals surface area contributed by atoms with Crippen molar-refractivity contribution in [1.82, 2.24) is 15.6 Å². The van der Waals surface area contributed by atoms with Crippen LogP contribution in [0.4, 0.5) is 0 Å². The van der Waals surface area contributed by atoms with E-state index in [4.69, 9.17) is 14.2 Å². The van der Waals surface area contributed by atoms with Gasteiger partial charge in [-0.15, -0.1) is 24.0 Å². The fraction of sp³-hybridized carbons (Fsp3) is 0.520. The fourth-order valence-corrected chi connectivity index (χ4v) is 3.44. The zero-order valence-electron chi connectivity index (χ0n) is 19.9. The highest BCUT2D eigenvalue weighted by atomic mass is 127. The Morgan fingerprint density at radius 1 is 1.18 bits per heavy atom. The number of aryl methyl sites for hydroxylation is 1. The van der Waals surface area contributed by atoms with Crippen molar-refractivity contribution in [3.8, 4) is 11.6 Å². The molecular weight excluding hydrogens is 531 g/mol. The fourth-order valence-electron chi connectivity index (χ4n) is 3.44. The molecule has 182 valence electrons. The average Bonchev–Trinajstić information content (AvgIpc) is 3.33. The van der Waals surface area contributed by atoms with Crippen molar-refractivity contribution in [3.05, 3.63) is 53.2 Å². The maximum atomic E-state index is 6.15. The van der Waals surface area contributed by atoms with Gasteiger partial charge in [-0.3, -0.25) is 4.99 Å². The maximum absolute atomic E-state index is 6.15. The molecular formula is C25H37IN4O3. The molecule has 8 heteroatoms. The van der Waals surface area contributed by atoms with E-state index in [0.29, 0.717) is 44.1 Å². The number of aromatic nitrogens is 1. The highest BCUT2D eigenvalue weighted by molar-refractivity contribution is 14.0. The Morgan fingerprint density at radius 2 is 2.00 bits per heavy atom. The maximum Gasteiger partial charge on any atom is 0.218 e. The Bertz CT molecular complexity index is 872. The van der Waals surface area contributed by atoms with Crippen molar-refractivity contribution in [3.63, 3.8) is 0 Å². The first-order valence-corrected chi connectivity index (χ1v) is 11.5. The number of hydrogen-bond acceptors (Lipinski definition) is 5. The van der Waals surface area contributed by atoms with E-state index in [2.05, 4.69) is 52.7 Å². The van der Waals surface area contributed by atoms with Gasteiger partial charge in [0.1, 0.15) is 5.75 Å². The number of nitrogens with one attached hydrogen (secondary N) is 2. The molecule has 1 saturated heterocycles. The van der Waals surface area contributed by atoms with Crippen LogP contribution in [0.15, 0.2) is 41.5 Å². The zero-order chi connectivity index (χ0) is 22.6. The van der Waals surface area contributed by atoms with Crippen LogP contribution in [-0.2, 0) is 17.8 Å². The molecule has 2 heterocycles. The quantitative estimate of drug-likeness (QED) is 0.180. The molecule has 1 aliphatic rings. The minimum Gasteiger partial charge on any atom is -0.493 e. The average molecular weight is 569 g/mol. The summed E-state index contributed by atoms with van der Waals surface area (Å²) in [5, 5.41) is 6.74. The monoisotopic (exact) mass is 568 g/mol. The number of pyridine rings is 1. The number of aliphatic imine (C=N–C) groups is 1. The van der Waals surface area contributed by atoms with Crippen molar-refractivity contribution < 1.29 is 14.2 Å². The third-order valence-corrected chi connectivity index (χ3v) is 5.42. The summed E-state index contributed by atoms with van der Waals surface area (Å²) in [7, 11) is 1.77. The lowest BCUT2D eigenvalue weighted by Crippen LogP contribution is -2.36. The second kappa shape index (κ2) is 15.0. The van der Waals surface area contributed by atoms with Gasteiger partial charge < -0.3 is 24.8 Å². The van der Waals surface area contributed by atoms with Crippen LogP contribution in [0.3, 0.4) is 0 Å². The van der Waals surface area contributed by atoms with Gasteiger partial charge in [-0.05, 0) is 37.5 Å². The molecule has 0 amide bonds. The van der Waals surface area contributed by atoms with Crippen LogP contribution in [0.1, 0.15) is 42.9 Å². The molecule has 0 saturated carbocycles. The van der Waals surface area contributed by atoms with Gasteiger partial charge in [0, 0.05) is 50.0 Å². The number of halogens is 1. The minimum atomic E-state index is 0. The van der Waals surface area contributed by atoms with E-state index in [-0.39, 0.29) is 24.0 Å². The molecule has 0 aliphatic carbocycles. The van der Waals surface area contributed by atoms with Crippen LogP contribution in [0.5, 0.6) is 11.6 Å². The highest BCUT2D eigenvalue weighted by Crippen LogP contribution is 2.23. The molecule has 7 nitrogen and oxygen atoms in total. The summed E-state index contributed by atoms with van der Waals surface area (Å²) >= 11 is 0. The first-order chi connectivity index (χ1) is 15.7. The summed E-state index contributed by atoms with van der Waals surface area (Å²) in [4.78, 5) is 8.73. The third-order valence-electron chi connectivity index (χ3n) is 5.42. The smallest absolute Gasteiger partial charge is 0.218 e. The molecule has 1 aromatic heterocycles. The summed E-state index contributed by atoms with van der Waals surface area (Å²) in [6.07, 6.45) is 4.93. The molecule has 2 N–H and O–H groups in total. The molecule has 1 unspecified atom stereocenters. The summed E-state index contributed by atoms with van der Waals surface area (Å²) in [5.41, 5.74) is 3.29. The second-order valence-corrected chi connectivity index (χ2v) is 8.10. The Labute approximate surface area is 214 Å². The Morgan fingerprint density at radius 3 is 2.73 bits per heavy atom. The lowest BCUT2D eigenvalue weighted by Gasteiger charge is -2.17. The molecule has 1 fully saturated rings. The first kappa shape index (κ1) is 27.2. The van der Waals surface area contributed by atoms with Gasteiger partial charge in [0.2, 0.25) is 5.88 Å². The van der Waals surface area contributed by atoms with E-state index in [1.807, 2.05) is 12.1 Å². The molecule has 3 rings (SSSR count). The number of hydrogen-bond donors (Lipinski definition) is 2. The van der Waals surface area contributed by atoms with Crippen molar-refractivity contribution in [1.29, 1.82) is 0 Å². The van der Waals surface area contributed by atoms with Gasteiger partial charge in [0.25, 0.3) is 0 Å². The van der Waals surface area contributed by atoms with Crippen LogP contribution < -0.4 is 20.1 Å². The number of benzene rings is 1. The van der Waals surface area contributed by atoms with Crippen LogP contribution in [0.2, 0.25) is 0 Å². The Kier molecular flexibility index (Phi) is 12.3. The van der Waals surface area contributed by atoms with Crippen LogP contribution in [-0.4, -0.2) is 44.4 Å². The molecule has 0 radical (unpaired) electrons. The predicted octanol–water partition coefficient (Wildman–Crippen LogP) is 4.47. The summed E-state index contributed by atoms with van der Waals surface area (Å²) < 4.78 is 17.4. The minimum absolute atomic E-state index is 0. The highest BCUT2D eigenvalue weighted by Gasteiger charge is 2.17. The number of ether oxygens (including phenoxy) is 3. The van der Waals surface area contributed by atoms with Gasteiger partial charge in [-0.1, -0.05) is 31.5 Å². The Balaban J connectivity index is 0.00000385. The number of guanidine groups is 1. The lowest BCUT2D eigenvalue weighted by molar-refractivity contribution is 0.166. The standard InChI is InChI=1S/C25H36N4O3.HI/c1-4-5-12-31-24-22(7-6-11-27-24)16-29-25(26-3)28-15-21-9-8-19(2)14-23(21)32-18-20-10-13-30-17-20;/h6-9,11,14,20H,4-5,10,12-13,15-18H2,1-3H3,(H2,26,28,29);1H. The normalized spacial score (nSPS) is 15.6. The van der Waals surface area contributed by atoms with Crippen molar-refractivity contribution in [2.24, 2.45) is 10.9 Å². The number of rotatable bonds is 11. The van der Waals surface area contributed by atoms with E-state index >= 15 is 0 Å².